The zero-order chi connectivity index (χ0) is 12.5. The van der Waals surface area contributed by atoms with Crippen LogP contribution < -0.4 is 10.2 Å². The van der Waals surface area contributed by atoms with Crippen molar-refractivity contribution in [1.82, 2.24) is 5.32 Å². The van der Waals surface area contributed by atoms with Gasteiger partial charge in [-0.1, -0.05) is 25.1 Å². The molecule has 1 aromatic rings. The Balaban J connectivity index is 2.48. The molecule has 0 aliphatic heterocycles. The first-order valence-corrected chi connectivity index (χ1v) is 6.35. The molecule has 0 atom stereocenters. The minimum Gasteiger partial charge on any atom is -0.316 e. The van der Waals surface area contributed by atoms with Crippen LogP contribution in [0.4, 0.5) is 5.69 Å². The molecule has 17 heavy (non-hydrogen) atoms. The normalized spacial score (nSPS) is 10.2. The first-order chi connectivity index (χ1) is 8.29. The highest BCUT2D eigenvalue weighted by atomic mass is 16.2. The largest absolute Gasteiger partial charge is 0.316 e. The molecule has 3 nitrogen and oxygen atoms in total. The number of rotatable bonds is 7. The Hall–Kier alpha value is -1.35. The third-order valence-electron chi connectivity index (χ3n) is 2.63. The van der Waals surface area contributed by atoms with E-state index < -0.39 is 0 Å². The van der Waals surface area contributed by atoms with Crippen molar-refractivity contribution in [1.29, 1.82) is 0 Å². The third kappa shape index (κ3) is 4.57. The molecule has 1 N–H and O–H groups in total. The van der Waals surface area contributed by atoms with Crippen molar-refractivity contribution >= 4 is 11.6 Å². The molecule has 0 aliphatic rings. The van der Waals surface area contributed by atoms with Crippen LogP contribution >= 0.6 is 0 Å². The topological polar surface area (TPSA) is 32.3 Å². The van der Waals surface area contributed by atoms with E-state index in [9.17, 15) is 4.79 Å². The highest BCUT2D eigenvalue weighted by Crippen LogP contribution is 2.13. The SMILES string of the molecule is CCCNCCC(=O)N(CC)c1ccccc1. The van der Waals surface area contributed by atoms with Crippen LogP contribution in [0.25, 0.3) is 0 Å². The predicted octanol–water partition coefficient (Wildman–Crippen LogP) is 2.43. The summed E-state index contributed by atoms with van der Waals surface area (Å²) < 4.78 is 0. The number of hydrogen-bond donors (Lipinski definition) is 1. The number of benzene rings is 1. The van der Waals surface area contributed by atoms with E-state index in [0.717, 1.165) is 31.7 Å². The quantitative estimate of drug-likeness (QED) is 0.735. The second-order valence-electron chi connectivity index (χ2n) is 3.97. The fraction of sp³-hybridized carbons (Fsp3) is 0.500. The van der Waals surface area contributed by atoms with Crippen molar-refractivity contribution in [2.45, 2.75) is 26.7 Å². The molecule has 0 aromatic heterocycles. The average molecular weight is 234 g/mol. The van der Waals surface area contributed by atoms with Crippen molar-refractivity contribution in [3.8, 4) is 0 Å². The summed E-state index contributed by atoms with van der Waals surface area (Å²) in [6.07, 6.45) is 1.66. The Labute approximate surface area is 104 Å². The fourth-order valence-corrected chi connectivity index (χ4v) is 1.74. The van der Waals surface area contributed by atoms with Gasteiger partial charge in [-0.05, 0) is 32.0 Å². The maximum absolute atomic E-state index is 12.0. The summed E-state index contributed by atoms with van der Waals surface area (Å²) in [7, 11) is 0. The van der Waals surface area contributed by atoms with Gasteiger partial charge in [0.05, 0.1) is 0 Å². The lowest BCUT2D eigenvalue weighted by atomic mass is 10.2. The van der Waals surface area contributed by atoms with Crippen LogP contribution in [0, 0.1) is 0 Å². The third-order valence-corrected chi connectivity index (χ3v) is 2.63. The minimum absolute atomic E-state index is 0.183. The van der Waals surface area contributed by atoms with E-state index in [4.69, 9.17) is 0 Å². The molecule has 1 amide bonds. The zero-order valence-electron chi connectivity index (χ0n) is 10.8. The van der Waals surface area contributed by atoms with Gasteiger partial charge in [0, 0.05) is 25.2 Å². The van der Waals surface area contributed by atoms with E-state index in [1.165, 1.54) is 0 Å². The molecule has 1 rings (SSSR count). The van der Waals surface area contributed by atoms with Crippen LogP contribution in [-0.2, 0) is 4.79 Å². The number of carbonyl (C=O) groups excluding carboxylic acids is 1. The smallest absolute Gasteiger partial charge is 0.228 e. The number of para-hydroxylation sites is 1. The maximum Gasteiger partial charge on any atom is 0.228 e. The number of anilines is 1. The average Bonchev–Trinajstić information content (AvgIpc) is 2.37. The van der Waals surface area contributed by atoms with Crippen LogP contribution in [0.15, 0.2) is 30.3 Å². The van der Waals surface area contributed by atoms with Crippen molar-refractivity contribution < 1.29 is 4.79 Å². The summed E-state index contributed by atoms with van der Waals surface area (Å²) in [6.45, 7) is 6.58. The molecule has 0 fully saturated rings. The van der Waals surface area contributed by atoms with Gasteiger partial charge in [-0.15, -0.1) is 0 Å². The molecule has 0 aliphatic carbocycles. The molecular formula is C14H22N2O. The summed E-state index contributed by atoms with van der Waals surface area (Å²) >= 11 is 0. The number of amides is 1. The number of hydrogen-bond acceptors (Lipinski definition) is 2. The van der Waals surface area contributed by atoms with Gasteiger partial charge in [0.1, 0.15) is 0 Å². The minimum atomic E-state index is 0.183. The van der Waals surface area contributed by atoms with E-state index in [2.05, 4.69) is 12.2 Å². The lowest BCUT2D eigenvalue weighted by Crippen LogP contribution is -2.33. The van der Waals surface area contributed by atoms with Gasteiger partial charge in [0.25, 0.3) is 0 Å². The molecule has 0 spiro atoms. The van der Waals surface area contributed by atoms with Crippen molar-refractivity contribution in [2.75, 3.05) is 24.5 Å². The molecule has 1 aromatic carbocycles. The Bertz CT molecular complexity index is 324. The monoisotopic (exact) mass is 234 g/mol. The van der Waals surface area contributed by atoms with E-state index in [-0.39, 0.29) is 5.91 Å². The summed E-state index contributed by atoms with van der Waals surface area (Å²) in [5.74, 6) is 0.183. The summed E-state index contributed by atoms with van der Waals surface area (Å²) in [5, 5.41) is 3.25. The van der Waals surface area contributed by atoms with Crippen LogP contribution in [0.5, 0.6) is 0 Å². The highest BCUT2D eigenvalue weighted by molar-refractivity contribution is 5.93. The molecular weight excluding hydrogens is 212 g/mol. The van der Waals surface area contributed by atoms with Crippen molar-refractivity contribution in [3.05, 3.63) is 30.3 Å². The van der Waals surface area contributed by atoms with E-state index in [0.29, 0.717) is 6.42 Å². The van der Waals surface area contributed by atoms with Crippen LogP contribution in [-0.4, -0.2) is 25.5 Å². The maximum atomic E-state index is 12.0. The van der Waals surface area contributed by atoms with Crippen molar-refractivity contribution in [2.24, 2.45) is 0 Å². The van der Waals surface area contributed by atoms with E-state index >= 15 is 0 Å². The van der Waals surface area contributed by atoms with Gasteiger partial charge in [-0.3, -0.25) is 4.79 Å². The highest BCUT2D eigenvalue weighted by Gasteiger charge is 2.12. The van der Waals surface area contributed by atoms with E-state index in [1.807, 2.05) is 42.2 Å². The van der Waals surface area contributed by atoms with Gasteiger partial charge >= 0.3 is 0 Å². The lowest BCUT2D eigenvalue weighted by Gasteiger charge is -2.21. The summed E-state index contributed by atoms with van der Waals surface area (Å²) in [6, 6.07) is 9.83. The van der Waals surface area contributed by atoms with Crippen LogP contribution in [0.3, 0.4) is 0 Å². The number of nitrogens with zero attached hydrogens (tertiary/aromatic N) is 1. The Morgan fingerprint density at radius 1 is 1.18 bits per heavy atom. The first kappa shape index (κ1) is 13.7. The van der Waals surface area contributed by atoms with Gasteiger partial charge < -0.3 is 10.2 Å². The zero-order valence-corrected chi connectivity index (χ0v) is 10.8. The molecule has 0 bridgehead atoms. The van der Waals surface area contributed by atoms with Gasteiger partial charge in [-0.2, -0.15) is 0 Å². The Morgan fingerprint density at radius 2 is 1.88 bits per heavy atom. The van der Waals surface area contributed by atoms with Crippen LogP contribution in [0.2, 0.25) is 0 Å². The molecule has 3 heteroatoms. The molecule has 0 radical (unpaired) electrons. The standard InChI is InChI=1S/C14H22N2O/c1-3-11-15-12-10-14(17)16(4-2)13-8-6-5-7-9-13/h5-9,15H,3-4,10-12H2,1-2H3. The van der Waals surface area contributed by atoms with Crippen LogP contribution in [0.1, 0.15) is 26.7 Å². The number of nitrogens with one attached hydrogen (secondary N) is 1. The lowest BCUT2D eigenvalue weighted by molar-refractivity contribution is -0.118. The first-order valence-electron chi connectivity index (χ1n) is 6.35. The molecule has 94 valence electrons. The molecule has 0 saturated carbocycles. The van der Waals surface area contributed by atoms with Gasteiger partial charge in [0.15, 0.2) is 0 Å². The molecule has 0 unspecified atom stereocenters. The van der Waals surface area contributed by atoms with Gasteiger partial charge in [-0.25, -0.2) is 0 Å². The van der Waals surface area contributed by atoms with Crippen molar-refractivity contribution in [3.63, 3.8) is 0 Å². The molecule has 0 heterocycles. The summed E-state index contributed by atoms with van der Waals surface area (Å²) in [4.78, 5) is 13.9. The van der Waals surface area contributed by atoms with E-state index in [1.54, 1.807) is 0 Å². The fourth-order valence-electron chi connectivity index (χ4n) is 1.74. The Morgan fingerprint density at radius 3 is 2.47 bits per heavy atom. The second-order valence-corrected chi connectivity index (χ2v) is 3.97. The summed E-state index contributed by atoms with van der Waals surface area (Å²) in [5.41, 5.74) is 0.982. The van der Waals surface area contributed by atoms with Gasteiger partial charge in [0.2, 0.25) is 5.91 Å². The Kier molecular flexibility index (Phi) is 6.33. The number of carbonyl (C=O) groups is 1. The second kappa shape index (κ2) is 7.85. The molecule has 0 saturated heterocycles. The predicted molar refractivity (Wildman–Crippen MR) is 72.2 cm³/mol.